The van der Waals surface area contributed by atoms with Gasteiger partial charge in [0.05, 0.1) is 0 Å². The zero-order valence-corrected chi connectivity index (χ0v) is 13.2. The van der Waals surface area contributed by atoms with Crippen molar-refractivity contribution in [2.24, 2.45) is 17.8 Å². The maximum absolute atomic E-state index is 2.36. The Kier molecular flexibility index (Phi) is 8.80. The second-order valence-corrected chi connectivity index (χ2v) is 7.17. The van der Waals surface area contributed by atoms with Crippen molar-refractivity contribution in [1.29, 1.82) is 0 Å². The summed E-state index contributed by atoms with van der Waals surface area (Å²) in [5, 5.41) is 0. The van der Waals surface area contributed by atoms with Crippen LogP contribution in [-0.4, -0.2) is 0 Å². The largest absolute Gasteiger partial charge is 0.0625 e. The molecule has 0 aliphatic heterocycles. The third-order valence-corrected chi connectivity index (χ3v) is 4.93. The monoisotopic (exact) mass is 252 g/mol. The number of hydrogen-bond acceptors (Lipinski definition) is 0. The zero-order chi connectivity index (χ0) is 13.2. The van der Waals surface area contributed by atoms with Gasteiger partial charge < -0.3 is 0 Å². The average Bonchev–Trinajstić information content (AvgIpc) is 2.80. The van der Waals surface area contributed by atoms with Gasteiger partial charge in [-0.05, 0) is 17.8 Å². The van der Waals surface area contributed by atoms with E-state index in [9.17, 15) is 0 Å². The van der Waals surface area contributed by atoms with Crippen LogP contribution in [0.3, 0.4) is 0 Å². The van der Waals surface area contributed by atoms with Crippen molar-refractivity contribution in [3.8, 4) is 0 Å². The van der Waals surface area contributed by atoms with Gasteiger partial charge in [-0.15, -0.1) is 0 Å². The molecule has 0 heterocycles. The van der Waals surface area contributed by atoms with Gasteiger partial charge in [0.2, 0.25) is 0 Å². The molecule has 0 atom stereocenters. The summed E-state index contributed by atoms with van der Waals surface area (Å²) in [4.78, 5) is 0. The Labute approximate surface area is 116 Å². The summed E-state index contributed by atoms with van der Waals surface area (Å²) in [5.74, 6) is 3.15. The first kappa shape index (κ1) is 16.1. The highest BCUT2D eigenvalue weighted by molar-refractivity contribution is 4.62. The first-order chi connectivity index (χ1) is 8.68. The van der Waals surface area contributed by atoms with E-state index in [1.807, 2.05) is 0 Å². The average molecular weight is 252 g/mol. The fourth-order valence-corrected chi connectivity index (χ4v) is 3.05. The Balaban J connectivity index is 0.000000137. The van der Waals surface area contributed by atoms with Gasteiger partial charge in [-0.3, -0.25) is 0 Å². The molecule has 0 heteroatoms. The lowest BCUT2D eigenvalue weighted by molar-refractivity contribution is 0.346. The summed E-state index contributed by atoms with van der Waals surface area (Å²) < 4.78 is 0. The minimum absolute atomic E-state index is 1.04. The Hall–Kier alpha value is 0. The molecule has 0 nitrogen and oxygen atoms in total. The number of rotatable bonds is 0. The van der Waals surface area contributed by atoms with E-state index in [-0.39, 0.29) is 0 Å². The fourth-order valence-electron chi connectivity index (χ4n) is 3.05. The second-order valence-electron chi connectivity index (χ2n) is 7.17. The van der Waals surface area contributed by atoms with E-state index in [1.165, 1.54) is 77.0 Å². The third-order valence-electron chi connectivity index (χ3n) is 4.93. The maximum Gasteiger partial charge on any atom is -0.0443 e. The van der Waals surface area contributed by atoms with Crippen molar-refractivity contribution >= 4 is 0 Å². The predicted molar refractivity (Wildman–Crippen MR) is 82.9 cm³/mol. The Morgan fingerprint density at radius 3 is 0.778 bits per heavy atom. The molecule has 108 valence electrons. The highest BCUT2D eigenvalue weighted by Gasteiger charge is 2.09. The molecule has 3 rings (SSSR count). The van der Waals surface area contributed by atoms with Crippen LogP contribution in [0.5, 0.6) is 0 Å². The number of hydrogen-bond donors (Lipinski definition) is 0. The minimum atomic E-state index is 1.04. The Morgan fingerprint density at radius 1 is 0.389 bits per heavy atom. The van der Waals surface area contributed by atoms with Gasteiger partial charge >= 0.3 is 0 Å². The molecule has 3 aliphatic carbocycles. The maximum atomic E-state index is 2.36. The fraction of sp³-hybridized carbons (Fsp3) is 1.00. The first-order valence-corrected chi connectivity index (χ1v) is 8.68. The SMILES string of the molecule is CC1CCC1.CC1CCCC1.CC1CCCCC1. The summed E-state index contributed by atoms with van der Waals surface area (Å²) in [5.41, 5.74) is 0. The molecular formula is C18H36. The quantitative estimate of drug-likeness (QED) is 0.456. The minimum Gasteiger partial charge on any atom is -0.0625 e. The van der Waals surface area contributed by atoms with E-state index < -0.39 is 0 Å². The molecule has 0 unspecified atom stereocenters. The van der Waals surface area contributed by atoms with Crippen molar-refractivity contribution in [2.75, 3.05) is 0 Å². The molecule has 0 amide bonds. The van der Waals surface area contributed by atoms with Gasteiger partial charge in [-0.1, -0.05) is 97.8 Å². The molecule has 0 spiro atoms. The molecule has 0 saturated heterocycles. The van der Waals surface area contributed by atoms with E-state index >= 15 is 0 Å². The van der Waals surface area contributed by atoms with Crippen molar-refractivity contribution in [3.63, 3.8) is 0 Å². The summed E-state index contributed by atoms with van der Waals surface area (Å²) in [6.45, 7) is 7.01. The molecule has 18 heavy (non-hydrogen) atoms. The van der Waals surface area contributed by atoms with Crippen molar-refractivity contribution in [3.05, 3.63) is 0 Å². The molecule has 0 aromatic carbocycles. The normalized spacial score (nSPS) is 25.5. The molecular weight excluding hydrogens is 216 g/mol. The van der Waals surface area contributed by atoms with Crippen LogP contribution >= 0.6 is 0 Å². The van der Waals surface area contributed by atoms with E-state index in [1.54, 1.807) is 0 Å². The lowest BCUT2D eigenvalue weighted by Crippen LogP contribution is -2.04. The van der Waals surface area contributed by atoms with Gasteiger partial charge in [0.15, 0.2) is 0 Å². The molecule has 3 fully saturated rings. The summed E-state index contributed by atoms with van der Waals surface area (Å²) in [6, 6.07) is 0. The van der Waals surface area contributed by atoms with Crippen LogP contribution in [0.15, 0.2) is 0 Å². The lowest BCUT2D eigenvalue weighted by atomic mass is 9.88. The van der Waals surface area contributed by atoms with Crippen LogP contribution in [0.25, 0.3) is 0 Å². The van der Waals surface area contributed by atoms with Crippen molar-refractivity contribution in [2.45, 2.75) is 97.8 Å². The van der Waals surface area contributed by atoms with E-state index in [2.05, 4.69) is 20.8 Å². The third kappa shape index (κ3) is 8.16. The van der Waals surface area contributed by atoms with Crippen LogP contribution in [0.1, 0.15) is 97.8 Å². The van der Waals surface area contributed by atoms with Gasteiger partial charge in [0.25, 0.3) is 0 Å². The van der Waals surface area contributed by atoms with Crippen LogP contribution in [-0.2, 0) is 0 Å². The predicted octanol–water partition coefficient (Wildman–Crippen LogP) is 6.59. The molecule has 0 bridgehead atoms. The van der Waals surface area contributed by atoms with Gasteiger partial charge in [-0.2, -0.15) is 0 Å². The van der Waals surface area contributed by atoms with Gasteiger partial charge in [0, 0.05) is 0 Å². The molecule has 0 N–H and O–H groups in total. The molecule has 3 saturated carbocycles. The lowest BCUT2D eigenvalue weighted by Gasteiger charge is -2.18. The van der Waals surface area contributed by atoms with Crippen LogP contribution in [0, 0.1) is 17.8 Å². The van der Waals surface area contributed by atoms with Crippen LogP contribution < -0.4 is 0 Å². The highest BCUT2D eigenvalue weighted by atomic mass is 14.2. The van der Waals surface area contributed by atoms with E-state index in [0.29, 0.717) is 0 Å². The highest BCUT2D eigenvalue weighted by Crippen LogP contribution is 2.24. The molecule has 0 aromatic heterocycles. The zero-order valence-electron chi connectivity index (χ0n) is 13.2. The van der Waals surface area contributed by atoms with E-state index in [4.69, 9.17) is 0 Å². The molecule has 3 aliphatic rings. The summed E-state index contributed by atoms with van der Waals surface area (Å²) in [6.07, 6.45) is 17.8. The summed E-state index contributed by atoms with van der Waals surface area (Å²) in [7, 11) is 0. The van der Waals surface area contributed by atoms with Crippen LogP contribution in [0.2, 0.25) is 0 Å². The van der Waals surface area contributed by atoms with Crippen LogP contribution in [0.4, 0.5) is 0 Å². The molecule has 0 radical (unpaired) electrons. The van der Waals surface area contributed by atoms with E-state index in [0.717, 1.165) is 17.8 Å². The standard InChI is InChI=1S/C7H14.C6H12.C5H10/c1-7-5-3-2-4-6-7;1-6-4-2-3-5-6;1-5-3-2-4-5/h7H,2-6H2,1H3;6H,2-5H2,1H3;5H,2-4H2,1H3. The Morgan fingerprint density at radius 2 is 0.667 bits per heavy atom. The topological polar surface area (TPSA) is 0 Å². The van der Waals surface area contributed by atoms with Gasteiger partial charge in [-0.25, -0.2) is 0 Å². The summed E-state index contributed by atoms with van der Waals surface area (Å²) >= 11 is 0. The van der Waals surface area contributed by atoms with Gasteiger partial charge in [0.1, 0.15) is 0 Å². The molecule has 0 aromatic rings. The van der Waals surface area contributed by atoms with Crippen molar-refractivity contribution in [1.82, 2.24) is 0 Å². The first-order valence-electron chi connectivity index (χ1n) is 8.68. The smallest absolute Gasteiger partial charge is 0.0443 e. The second kappa shape index (κ2) is 9.87. The van der Waals surface area contributed by atoms with Crippen molar-refractivity contribution < 1.29 is 0 Å². The Bertz CT molecular complexity index is 168.